The first-order valence-corrected chi connectivity index (χ1v) is 14.6. The van der Waals surface area contributed by atoms with Gasteiger partial charge in [0, 0.05) is 38.2 Å². The number of nitrogens with one attached hydrogen (secondary N) is 1. The fourth-order valence-corrected chi connectivity index (χ4v) is 5.47. The van der Waals surface area contributed by atoms with Crippen LogP contribution in [0.3, 0.4) is 0 Å². The molecule has 8 nitrogen and oxygen atoms in total. The van der Waals surface area contributed by atoms with Gasteiger partial charge >= 0.3 is 18.3 Å². The van der Waals surface area contributed by atoms with Crippen molar-refractivity contribution in [1.29, 1.82) is 0 Å². The van der Waals surface area contributed by atoms with Crippen LogP contribution in [0.4, 0.5) is 18.9 Å². The summed E-state index contributed by atoms with van der Waals surface area (Å²) in [5.74, 6) is -0.171. The molecule has 4 rings (SSSR count). The third-order valence-electron chi connectivity index (χ3n) is 5.86. The molecule has 0 aliphatic carbocycles. The zero-order valence-corrected chi connectivity index (χ0v) is 26.7. The minimum absolute atomic E-state index is 0.0666. The third kappa shape index (κ3) is 12.7. The van der Waals surface area contributed by atoms with E-state index in [2.05, 4.69) is 12.2 Å². The molecule has 2 aliphatic heterocycles. The maximum absolute atomic E-state index is 12.1. The fraction of sp³-hybridized carbons (Fsp3) is 0.429. The number of nitrogens with zero attached hydrogens (tertiary/aromatic N) is 1. The average molecular weight is 745 g/mol. The standard InChI is InChI=1S/C13H16ClNO.C7H3ClF3I.C7H11NO3.CO2/c1-3-11-4-5-13(16)15(11)12-7-9(2)6-10(14)8-12;8-5-1-4(7(9,10)11)2-6(12)3-5;1-2-11-7(10)5-3-4-6(9)8-5;2-1-3/h6-8,11H,3-5H2,1-2H3;1-3H;5H,2-4H2,1H3,(H,8,9);/t11-;;5-;/m0.1./s1. The molecule has 1 N–H and O–H groups in total. The van der Waals surface area contributed by atoms with Gasteiger partial charge in [-0.3, -0.25) is 9.59 Å². The Balaban J connectivity index is 0.000000307. The Hall–Kier alpha value is -2.67. The normalized spacial score (nSPS) is 17.4. The lowest BCUT2D eigenvalue weighted by atomic mass is 10.1. The monoisotopic (exact) mass is 744 g/mol. The molecule has 2 aliphatic rings. The van der Waals surface area contributed by atoms with Gasteiger partial charge in [0.25, 0.3) is 0 Å². The van der Waals surface area contributed by atoms with Crippen molar-refractivity contribution in [3.8, 4) is 0 Å². The molecule has 2 atom stereocenters. The molecule has 42 heavy (non-hydrogen) atoms. The molecule has 2 fully saturated rings. The van der Waals surface area contributed by atoms with E-state index in [1.807, 2.05) is 30.0 Å². The summed E-state index contributed by atoms with van der Waals surface area (Å²) in [5, 5.41) is 3.33. The molecule has 2 amide bonds. The van der Waals surface area contributed by atoms with E-state index >= 15 is 0 Å². The second-order valence-electron chi connectivity index (χ2n) is 9.00. The number of halogens is 6. The maximum atomic E-state index is 12.1. The number of ether oxygens (including phenoxy) is 1. The molecule has 0 unspecified atom stereocenters. The van der Waals surface area contributed by atoms with E-state index < -0.39 is 17.8 Å². The molecule has 230 valence electrons. The Morgan fingerprint density at radius 3 is 2.14 bits per heavy atom. The summed E-state index contributed by atoms with van der Waals surface area (Å²) in [5.41, 5.74) is 1.33. The minimum Gasteiger partial charge on any atom is -0.464 e. The molecule has 14 heteroatoms. The number of rotatable bonds is 4. The Kier molecular flexibility index (Phi) is 16.1. The summed E-state index contributed by atoms with van der Waals surface area (Å²) in [7, 11) is 0. The van der Waals surface area contributed by atoms with Crippen molar-refractivity contribution >= 4 is 75.4 Å². The molecular weight excluding hydrogens is 715 g/mol. The summed E-state index contributed by atoms with van der Waals surface area (Å²) in [6.07, 6.45) is -0.450. The van der Waals surface area contributed by atoms with Gasteiger partial charge in [-0.15, -0.1) is 0 Å². The fourth-order valence-electron chi connectivity index (χ4n) is 4.09. The highest BCUT2D eigenvalue weighted by molar-refractivity contribution is 14.1. The summed E-state index contributed by atoms with van der Waals surface area (Å²) >= 11 is 13.3. The van der Waals surface area contributed by atoms with Crippen LogP contribution in [0.25, 0.3) is 0 Å². The summed E-state index contributed by atoms with van der Waals surface area (Å²) < 4.78 is 41.5. The van der Waals surface area contributed by atoms with Gasteiger partial charge in [-0.05, 0) is 97.7 Å². The van der Waals surface area contributed by atoms with Crippen molar-refractivity contribution in [1.82, 2.24) is 5.32 Å². The Morgan fingerprint density at radius 1 is 1.05 bits per heavy atom. The number of esters is 1. The van der Waals surface area contributed by atoms with Crippen molar-refractivity contribution in [3.05, 3.63) is 61.1 Å². The third-order valence-corrected chi connectivity index (χ3v) is 6.92. The van der Waals surface area contributed by atoms with Crippen LogP contribution in [0.2, 0.25) is 10.0 Å². The van der Waals surface area contributed by atoms with E-state index in [4.69, 9.17) is 37.5 Å². The number of amides is 2. The van der Waals surface area contributed by atoms with Crippen molar-refractivity contribution < 1.29 is 41.9 Å². The Bertz CT molecular complexity index is 1230. The minimum atomic E-state index is -4.31. The maximum Gasteiger partial charge on any atom is 0.416 e. The Labute approximate surface area is 265 Å². The number of hydrogen-bond acceptors (Lipinski definition) is 6. The molecule has 0 saturated carbocycles. The number of carbonyl (C=O) groups excluding carboxylic acids is 5. The second kappa shape index (κ2) is 18.1. The lowest BCUT2D eigenvalue weighted by Crippen LogP contribution is -2.34. The van der Waals surface area contributed by atoms with Crippen LogP contribution in [0.5, 0.6) is 0 Å². The molecule has 0 spiro atoms. The molecule has 2 aromatic rings. The van der Waals surface area contributed by atoms with Gasteiger partial charge in [0.05, 0.1) is 12.2 Å². The number of alkyl halides is 3. The van der Waals surface area contributed by atoms with E-state index in [0.29, 0.717) is 40.5 Å². The molecule has 0 radical (unpaired) electrons. The Morgan fingerprint density at radius 2 is 1.67 bits per heavy atom. The van der Waals surface area contributed by atoms with Crippen LogP contribution in [-0.4, -0.2) is 42.6 Å². The molecule has 2 heterocycles. The van der Waals surface area contributed by atoms with Gasteiger partial charge in [-0.2, -0.15) is 22.8 Å². The SMILES string of the molecule is CCOC(=O)[C@H]1CCC(=O)N1.CC[C@H]1CCC(=O)N1c1cc(C)cc(Cl)c1.FC(F)(F)c1cc(Cl)cc(I)c1.O=C=O. The molecular formula is C28H30Cl2F3IN2O6. The van der Waals surface area contributed by atoms with Crippen molar-refractivity contribution in [2.75, 3.05) is 11.5 Å². The van der Waals surface area contributed by atoms with E-state index in [0.717, 1.165) is 36.2 Å². The molecule has 2 saturated heterocycles. The van der Waals surface area contributed by atoms with Crippen LogP contribution < -0.4 is 10.2 Å². The lowest BCUT2D eigenvalue weighted by molar-refractivity contribution is -0.191. The predicted octanol–water partition coefficient (Wildman–Crippen LogP) is 6.76. The van der Waals surface area contributed by atoms with Gasteiger partial charge in [0.1, 0.15) is 6.04 Å². The van der Waals surface area contributed by atoms with E-state index in [1.54, 1.807) is 29.5 Å². The topological polar surface area (TPSA) is 110 Å². The van der Waals surface area contributed by atoms with Crippen molar-refractivity contribution in [2.45, 2.75) is 71.1 Å². The van der Waals surface area contributed by atoms with Gasteiger partial charge < -0.3 is 15.0 Å². The summed E-state index contributed by atoms with van der Waals surface area (Å²) in [6, 6.07) is 9.17. The zero-order chi connectivity index (χ0) is 32.0. The van der Waals surface area contributed by atoms with E-state index in [1.165, 1.54) is 6.07 Å². The van der Waals surface area contributed by atoms with Gasteiger partial charge in [-0.1, -0.05) is 30.1 Å². The van der Waals surface area contributed by atoms with Crippen LogP contribution in [0.15, 0.2) is 36.4 Å². The van der Waals surface area contributed by atoms with Gasteiger partial charge in [0.15, 0.2) is 0 Å². The first-order valence-electron chi connectivity index (χ1n) is 12.7. The number of aryl methyl sites for hydroxylation is 1. The predicted molar refractivity (Wildman–Crippen MR) is 159 cm³/mol. The van der Waals surface area contributed by atoms with Crippen molar-refractivity contribution in [3.63, 3.8) is 0 Å². The highest BCUT2D eigenvalue weighted by Crippen LogP contribution is 2.32. The molecule has 0 bridgehead atoms. The zero-order valence-electron chi connectivity index (χ0n) is 23.0. The number of benzene rings is 2. The first-order chi connectivity index (χ1) is 19.7. The largest absolute Gasteiger partial charge is 0.464 e. The first kappa shape index (κ1) is 37.4. The number of hydrogen-bond donors (Lipinski definition) is 1. The van der Waals surface area contributed by atoms with Gasteiger partial charge in [0.2, 0.25) is 11.8 Å². The quantitative estimate of drug-likeness (QED) is 0.274. The van der Waals surface area contributed by atoms with Crippen LogP contribution in [0, 0.1) is 10.5 Å². The molecule has 0 aromatic heterocycles. The van der Waals surface area contributed by atoms with Crippen molar-refractivity contribution in [2.24, 2.45) is 0 Å². The van der Waals surface area contributed by atoms with E-state index in [9.17, 15) is 27.6 Å². The molecule has 2 aromatic carbocycles. The summed E-state index contributed by atoms with van der Waals surface area (Å²) in [6.45, 7) is 6.23. The number of carbonyl (C=O) groups is 3. The van der Waals surface area contributed by atoms with Crippen LogP contribution in [-0.2, 0) is 34.9 Å². The highest BCUT2D eigenvalue weighted by atomic mass is 127. The van der Waals surface area contributed by atoms with Crippen LogP contribution >= 0.6 is 45.8 Å². The van der Waals surface area contributed by atoms with Gasteiger partial charge in [-0.25, -0.2) is 4.79 Å². The average Bonchev–Trinajstić information content (AvgIpc) is 3.49. The number of anilines is 1. The van der Waals surface area contributed by atoms with Crippen LogP contribution in [0.1, 0.15) is 57.1 Å². The lowest BCUT2D eigenvalue weighted by Gasteiger charge is -2.24. The smallest absolute Gasteiger partial charge is 0.416 e. The highest BCUT2D eigenvalue weighted by Gasteiger charge is 2.32. The van der Waals surface area contributed by atoms with E-state index in [-0.39, 0.29) is 29.0 Å². The second-order valence-corrected chi connectivity index (χ2v) is 11.1. The summed E-state index contributed by atoms with van der Waals surface area (Å²) in [4.78, 5) is 51.6.